The lowest BCUT2D eigenvalue weighted by Crippen LogP contribution is -2.30. The Hall–Kier alpha value is -1.07. The van der Waals surface area contributed by atoms with Gasteiger partial charge in [0.25, 0.3) is 0 Å². The van der Waals surface area contributed by atoms with Gasteiger partial charge in [0.2, 0.25) is 0 Å². The smallest absolute Gasteiger partial charge is 0.311 e. The van der Waals surface area contributed by atoms with Gasteiger partial charge in [0.15, 0.2) is 0 Å². The van der Waals surface area contributed by atoms with Gasteiger partial charge in [0, 0.05) is 25.7 Å². The molecule has 0 aromatic heterocycles. The summed E-state index contributed by atoms with van der Waals surface area (Å²) in [6, 6.07) is 6.06. The molecule has 0 radical (unpaired) electrons. The second-order valence-electron chi connectivity index (χ2n) is 5.08. The van der Waals surface area contributed by atoms with Crippen molar-refractivity contribution in [2.45, 2.75) is 31.6 Å². The van der Waals surface area contributed by atoms with Gasteiger partial charge in [-0.2, -0.15) is 13.2 Å². The Labute approximate surface area is 111 Å². The summed E-state index contributed by atoms with van der Waals surface area (Å²) in [5.74, 6) is 0. The molecular weight excluding hydrogens is 253 g/mol. The Kier molecular flexibility index (Phi) is 4.47. The number of nitrogens with one attached hydrogen (secondary N) is 1. The highest BCUT2D eigenvalue weighted by Crippen LogP contribution is 2.29. The molecule has 2 rings (SSSR count). The predicted molar refractivity (Wildman–Crippen MR) is 68.8 cm³/mol. The van der Waals surface area contributed by atoms with Crippen LogP contribution in [0.25, 0.3) is 0 Å². The van der Waals surface area contributed by atoms with Gasteiger partial charge in [0.1, 0.15) is 0 Å². The summed E-state index contributed by atoms with van der Waals surface area (Å²) in [5, 5.41) is 3.25. The lowest BCUT2D eigenvalue weighted by Gasteiger charge is -2.15. The van der Waals surface area contributed by atoms with Gasteiger partial charge in [-0.3, -0.25) is 0 Å². The van der Waals surface area contributed by atoms with Gasteiger partial charge >= 0.3 is 6.18 Å². The van der Waals surface area contributed by atoms with Crippen molar-refractivity contribution in [3.05, 3.63) is 35.4 Å². The summed E-state index contributed by atoms with van der Waals surface area (Å²) >= 11 is 0. The predicted octanol–water partition coefficient (Wildman–Crippen LogP) is 2.89. The van der Waals surface area contributed by atoms with Gasteiger partial charge < -0.3 is 10.2 Å². The fraction of sp³-hybridized carbons (Fsp3) is 0.571. The Morgan fingerprint density at radius 1 is 1.21 bits per heavy atom. The van der Waals surface area contributed by atoms with Crippen LogP contribution in [-0.2, 0) is 12.7 Å². The highest BCUT2D eigenvalue weighted by atomic mass is 19.4. The molecule has 0 saturated heterocycles. The monoisotopic (exact) mass is 272 g/mol. The van der Waals surface area contributed by atoms with Crippen LogP contribution in [0.15, 0.2) is 24.3 Å². The van der Waals surface area contributed by atoms with E-state index in [9.17, 15) is 13.2 Å². The van der Waals surface area contributed by atoms with E-state index in [-0.39, 0.29) is 0 Å². The van der Waals surface area contributed by atoms with Crippen molar-refractivity contribution in [2.75, 3.05) is 20.1 Å². The maximum atomic E-state index is 12.4. The summed E-state index contributed by atoms with van der Waals surface area (Å²) < 4.78 is 37.1. The van der Waals surface area contributed by atoms with E-state index in [1.54, 1.807) is 0 Å². The van der Waals surface area contributed by atoms with Crippen LogP contribution < -0.4 is 5.32 Å². The normalized spacial score (nSPS) is 16.1. The Morgan fingerprint density at radius 2 is 1.84 bits per heavy atom. The highest BCUT2D eigenvalue weighted by Gasteiger charge is 2.29. The van der Waals surface area contributed by atoms with Crippen LogP contribution in [0.2, 0.25) is 0 Å². The van der Waals surface area contributed by atoms with E-state index in [0.717, 1.165) is 36.8 Å². The van der Waals surface area contributed by atoms with Crippen LogP contribution in [0.3, 0.4) is 0 Å². The lowest BCUT2D eigenvalue weighted by molar-refractivity contribution is -0.137. The first-order chi connectivity index (χ1) is 8.97. The summed E-state index contributed by atoms with van der Waals surface area (Å²) in [6.45, 7) is 2.44. The van der Waals surface area contributed by atoms with Crippen molar-refractivity contribution < 1.29 is 13.2 Å². The highest BCUT2D eigenvalue weighted by molar-refractivity contribution is 5.24. The number of alkyl halides is 3. The van der Waals surface area contributed by atoms with Gasteiger partial charge in [-0.25, -0.2) is 0 Å². The topological polar surface area (TPSA) is 15.3 Å². The van der Waals surface area contributed by atoms with Crippen molar-refractivity contribution in [1.82, 2.24) is 10.2 Å². The molecule has 0 unspecified atom stereocenters. The molecule has 0 bridgehead atoms. The van der Waals surface area contributed by atoms with Crippen LogP contribution >= 0.6 is 0 Å². The van der Waals surface area contributed by atoms with Crippen LogP contribution in [0.1, 0.15) is 24.0 Å². The van der Waals surface area contributed by atoms with Crippen LogP contribution in [0, 0.1) is 0 Å². The number of hydrogen-bond donors (Lipinski definition) is 1. The molecule has 1 saturated carbocycles. The van der Waals surface area contributed by atoms with Crippen molar-refractivity contribution >= 4 is 0 Å². The lowest BCUT2D eigenvalue weighted by atomic mass is 10.1. The Morgan fingerprint density at radius 3 is 2.37 bits per heavy atom. The zero-order chi connectivity index (χ0) is 13.9. The van der Waals surface area contributed by atoms with E-state index >= 15 is 0 Å². The average molecular weight is 272 g/mol. The Balaban J connectivity index is 1.70. The summed E-state index contributed by atoms with van der Waals surface area (Å²) in [4.78, 5) is 2.32. The quantitative estimate of drug-likeness (QED) is 0.801. The van der Waals surface area contributed by atoms with Crippen molar-refractivity contribution in [3.8, 4) is 0 Å². The number of likely N-dealkylation sites (N-methyl/N-ethyl adjacent to an activating group) is 1. The van der Waals surface area contributed by atoms with Crippen LogP contribution in [0.4, 0.5) is 13.2 Å². The molecule has 0 heterocycles. The fourth-order valence-corrected chi connectivity index (χ4v) is 2.00. The molecule has 2 nitrogen and oxygen atoms in total. The van der Waals surface area contributed by atoms with Gasteiger partial charge in [0.05, 0.1) is 5.56 Å². The number of benzene rings is 1. The maximum absolute atomic E-state index is 12.4. The molecule has 1 fully saturated rings. The minimum Gasteiger partial charge on any atom is -0.311 e. The van der Waals surface area contributed by atoms with Gasteiger partial charge in [-0.05, 0) is 37.6 Å². The molecule has 0 amide bonds. The van der Waals surface area contributed by atoms with Crippen molar-refractivity contribution in [1.29, 1.82) is 0 Å². The summed E-state index contributed by atoms with van der Waals surface area (Å²) in [5.41, 5.74) is 0.284. The summed E-state index contributed by atoms with van der Waals surface area (Å²) in [7, 11) is 2.11. The third-order valence-electron chi connectivity index (χ3n) is 3.42. The van der Waals surface area contributed by atoms with E-state index in [2.05, 4.69) is 17.3 Å². The minimum atomic E-state index is -4.25. The van der Waals surface area contributed by atoms with E-state index in [4.69, 9.17) is 0 Å². The number of rotatable bonds is 6. The first-order valence-corrected chi connectivity index (χ1v) is 6.54. The SMILES string of the molecule is CN(CCNCc1ccc(C(F)(F)F)cc1)C1CC1. The second kappa shape index (κ2) is 5.92. The second-order valence-corrected chi connectivity index (χ2v) is 5.08. The maximum Gasteiger partial charge on any atom is 0.416 e. The van der Waals surface area contributed by atoms with Crippen molar-refractivity contribution in [2.24, 2.45) is 0 Å². The molecule has 1 aliphatic carbocycles. The first-order valence-electron chi connectivity index (χ1n) is 6.54. The van der Waals surface area contributed by atoms with E-state index in [1.165, 1.54) is 25.0 Å². The average Bonchev–Trinajstić information content (AvgIpc) is 3.18. The van der Waals surface area contributed by atoms with Crippen LogP contribution in [0.5, 0.6) is 0 Å². The molecule has 19 heavy (non-hydrogen) atoms. The molecular formula is C14H19F3N2. The van der Waals surface area contributed by atoms with Crippen molar-refractivity contribution in [3.63, 3.8) is 0 Å². The van der Waals surface area contributed by atoms with E-state index in [0.29, 0.717) is 6.54 Å². The molecule has 5 heteroatoms. The van der Waals surface area contributed by atoms with Gasteiger partial charge in [-0.15, -0.1) is 0 Å². The largest absolute Gasteiger partial charge is 0.416 e. The zero-order valence-corrected chi connectivity index (χ0v) is 11.0. The Bertz CT molecular complexity index is 396. The molecule has 1 N–H and O–H groups in total. The molecule has 0 spiro atoms. The standard InChI is InChI=1S/C14H19F3N2/c1-19(13-6-7-13)9-8-18-10-11-2-4-12(5-3-11)14(15,16)17/h2-5,13,18H,6-10H2,1H3. The molecule has 106 valence electrons. The minimum absolute atomic E-state index is 0.593. The number of halogens is 3. The van der Waals surface area contributed by atoms with Gasteiger partial charge in [-0.1, -0.05) is 12.1 Å². The fourth-order valence-electron chi connectivity index (χ4n) is 2.00. The van der Waals surface area contributed by atoms with E-state index in [1.807, 2.05) is 0 Å². The zero-order valence-electron chi connectivity index (χ0n) is 11.0. The number of hydrogen-bond acceptors (Lipinski definition) is 2. The third-order valence-corrected chi connectivity index (χ3v) is 3.42. The molecule has 0 atom stereocenters. The first kappa shape index (κ1) is 14.3. The molecule has 1 aromatic carbocycles. The summed E-state index contributed by atoms with van der Waals surface area (Å²) in [6.07, 6.45) is -1.68. The number of nitrogens with zero attached hydrogens (tertiary/aromatic N) is 1. The molecule has 0 aliphatic heterocycles. The van der Waals surface area contributed by atoms with E-state index < -0.39 is 11.7 Å². The third kappa shape index (κ3) is 4.51. The molecule has 1 aliphatic rings. The van der Waals surface area contributed by atoms with Crippen LogP contribution in [-0.4, -0.2) is 31.1 Å². The molecule has 1 aromatic rings.